The Morgan fingerprint density at radius 3 is 2.52 bits per heavy atom. The molecule has 1 aliphatic rings. The third-order valence-electron chi connectivity index (χ3n) is 4.16. The normalized spacial score (nSPS) is 17.5. The van der Waals surface area contributed by atoms with Crippen molar-refractivity contribution in [1.29, 1.82) is 0 Å². The fraction of sp³-hybridized carbons (Fsp3) is 0.353. The lowest BCUT2D eigenvalue weighted by Gasteiger charge is -2.21. The number of nitrogens with two attached hydrogens (primary N) is 1. The second-order valence-electron chi connectivity index (χ2n) is 6.09. The zero-order valence-electron chi connectivity index (χ0n) is 14.4. The Labute approximate surface area is 166 Å². The van der Waals surface area contributed by atoms with Gasteiger partial charge in [0.1, 0.15) is 6.61 Å². The number of halogens is 2. The molecular weight excluding hydrogens is 393 g/mol. The lowest BCUT2D eigenvalue weighted by atomic mass is 10.2. The number of amides is 2. The molecule has 2 amide bonds. The predicted octanol–water partition coefficient (Wildman–Crippen LogP) is 1.92. The summed E-state index contributed by atoms with van der Waals surface area (Å²) in [7, 11) is 0. The van der Waals surface area contributed by atoms with Crippen LogP contribution < -0.4 is 15.4 Å². The van der Waals surface area contributed by atoms with Crippen LogP contribution in [0.1, 0.15) is 5.56 Å². The highest BCUT2D eigenvalue weighted by Crippen LogP contribution is 2.25. The summed E-state index contributed by atoms with van der Waals surface area (Å²) in [5.74, 6) is 0.896. The fourth-order valence-corrected chi connectivity index (χ4v) is 3.25. The Balaban J connectivity index is 1.64. The van der Waals surface area contributed by atoms with Crippen LogP contribution in [0.4, 0.5) is 10.7 Å². The zero-order chi connectivity index (χ0) is 19.4. The maximum absolute atomic E-state index is 11.3. The molecule has 3 N–H and O–H groups in total. The number of benzene rings is 1. The summed E-state index contributed by atoms with van der Waals surface area (Å²) in [6, 6.07) is 4.69. The van der Waals surface area contributed by atoms with Crippen LogP contribution in [-0.4, -0.2) is 58.3 Å². The molecule has 1 unspecified atom stereocenters. The number of aliphatic hydroxyl groups is 1. The van der Waals surface area contributed by atoms with Crippen molar-refractivity contribution < 1.29 is 14.6 Å². The number of hydrogen-bond acceptors (Lipinski definition) is 6. The van der Waals surface area contributed by atoms with Crippen molar-refractivity contribution in [2.24, 2.45) is 5.73 Å². The number of hydrogen-bond donors (Lipinski definition) is 2. The first-order valence-corrected chi connectivity index (χ1v) is 9.04. The summed E-state index contributed by atoms with van der Waals surface area (Å²) in [5, 5.41) is 11.1. The zero-order valence-corrected chi connectivity index (χ0v) is 15.9. The van der Waals surface area contributed by atoms with E-state index in [1.54, 1.807) is 23.1 Å². The largest absolute Gasteiger partial charge is 0.486 e. The molecule has 0 aliphatic carbocycles. The number of aliphatic hydroxyl groups excluding tert-OH is 1. The minimum Gasteiger partial charge on any atom is -0.486 e. The lowest BCUT2D eigenvalue weighted by molar-refractivity contribution is 0.140. The molecule has 2 aromatic rings. The van der Waals surface area contributed by atoms with Gasteiger partial charge in [-0.1, -0.05) is 29.3 Å². The molecule has 1 saturated heterocycles. The third kappa shape index (κ3) is 4.91. The van der Waals surface area contributed by atoms with E-state index in [0.29, 0.717) is 46.9 Å². The molecule has 27 heavy (non-hydrogen) atoms. The number of ether oxygens (including phenoxy) is 1. The topological polar surface area (TPSA) is 105 Å². The summed E-state index contributed by atoms with van der Waals surface area (Å²) in [4.78, 5) is 23.1. The van der Waals surface area contributed by atoms with Crippen LogP contribution in [-0.2, 0) is 6.61 Å². The minimum atomic E-state index is -0.734. The molecule has 1 aliphatic heterocycles. The Kier molecular flexibility index (Phi) is 6.20. The standard InChI is InChI=1S/C17H19Cl2N5O3/c18-14-2-1-3-15(19)13(14)10-27-12-6-21-17(22-7-12)24-5-4-23(16(20)26)8-11(25)9-24/h1-3,6-7,11,25H,4-5,8-10H2,(H2,20,26). The molecule has 3 rings (SSSR count). The van der Waals surface area contributed by atoms with E-state index in [4.69, 9.17) is 33.7 Å². The molecule has 8 nitrogen and oxygen atoms in total. The summed E-state index contributed by atoms with van der Waals surface area (Å²) in [5.41, 5.74) is 5.98. The number of anilines is 1. The molecule has 1 aromatic heterocycles. The maximum atomic E-state index is 11.3. The van der Waals surface area contributed by atoms with Gasteiger partial charge < -0.3 is 25.4 Å². The maximum Gasteiger partial charge on any atom is 0.314 e. The van der Waals surface area contributed by atoms with Crippen LogP contribution in [0.2, 0.25) is 10.0 Å². The number of rotatable bonds is 4. The van der Waals surface area contributed by atoms with E-state index in [2.05, 4.69) is 9.97 Å². The van der Waals surface area contributed by atoms with E-state index in [-0.39, 0.29) is 13.2 Å². The Bertz CT molecular complexity index is 785. The third-order valence-corrected chi connectivity index (χ3v) is 4.86. The van der Waals surface area contributed by atoms with Gasteiger partial charge in [-0.15, -0.1) is 0 Å². The number of primary amides is 1. The van der Waals surface area contributed by atoms with E-state index in [1.165, 1.54) is 17.3 Å². The molecule has 10 heteroatoms. The molecule has 1 atom stereocenters. The number of urea groups is 1. The summed E-state index contributed by atoms with van der Waals surface area (Å²) >= 11 is 12.2. The average molecular weight is 412 g/mol. The average Bonchev–Trinajstić information content (AvgIpc) is 2.84. The summed E-state index contributed by atoms with van der Waals surface area (Å²) in [6.45, 7) is 1.54. The van der Waals surface area contributed by atoms with Gasteiger partial charge in [-0.05, 0) is 12.1 Å². The Hall–Kier alpha value is -2.29. The van der Waals surface area contributed by atoms with Gasteiger partial charge in [-0.2, -0.15) is 0 Å². The smallest absolute Gasteiger partial charge is 0.314 e. The molecule has 144 valence electrons. The van der Waals surface area contributed by atoms with E-state index >= 15 is 0 Å². The first kappa shape index (κ1) is 19.5. The number of aromatic nitrogens is 2. The first-order valence-electron chi connectivity index (χ1n) is 8.29. The van der Waals surface area contributed by atoms with Gasteiger partial charge >= 0.3 is 6.03 Å². The quantitative estimate of drug-likeness (QED) is 0.795. The van der Waals surface area contributed by atoms with Gasteiger partial charge in [-0.3, -0.25) is 0 Å². The molecule has 0 spiro atoms. The van der Waals surface area contributed by atoms with E-state index in [9.17, 15) is 9.90 Å². The van der Waals surface area contributed by atoms with Gasteiger partial charge in [0.05, 0.1) is 25.0 Å². The fourth-order valence-electron chi connectivity index (χ4n) is 2.75. The van der Waals surface area contributed by atoms with Crippen LogP contribution in [0.5, 0.6) is 5.75 Å². The highest BCUT2D eigenvalue weighted by molar-refractivity contribution is 6.35. The summed E-state index contributed by atoms with van der Waals surface area (Å²) in [6.07, 6.45) is 2.34. The van der Waals surface area contributed by atoms with Crippen LogP contribution in [0.3, 0.4) is 0 Å². The number of nitrogens with zero attached hydrogens (tertiary/aromatic N) is 4. The molecule has 1 fully saturated rings. The molecular formula is C17H19Cl2N5O3. The Morgan fingerprint density at radius 1 is 1.22 bits per heavy atom. The van der Waals surface area contributed by atoms with Crippen LogP contribution in [0.15, 0.2) is 30.6 Å². The van der Waals surface area contributed by atoms with Crippen LogP contribution in [0.25, 0.3) is 0 Å². The van der Waals surface area contributed by atoms with Crippen LogP contribution >= 0.6 is 23.2 Å². The molecule has 2 heterocycles. The second kappa shape index (κ2) is 8.60. The van der Waals surface area contributed by atoms with Crippen molar-refractivity contribution >= 4 is 35.2 Å². The highest BCUT2D eigenvalue weighted by atomic mass is 35.5. The molecule has 1 aromatic carbocycles. The van der Waals surface area contributed by atoms with E-state index < -0.39 is 12.1 Å². The monoisotopic (exact) mass is 411 g/mol. The summed E-state index contributed by atoms with van der Waals surface area (Å²) < 4.78 is 5.66. The van der Waals surface area contributed by atoms with Crippen molar-refractivity contribution in [3.63, 3.8) is 0 Å². The number of β-amino-alcohol motifs (C(OH)–C–C–N with tert-alkyl or cyclic N) is 1. The van der Waals surface area contributed by atoms with Crippen molar-refractivity contribution in [3.05, 3.63) is 46.2 Å². The predicted molar refractivity (Wildman–Crippen MR) is 102 cm³/mol. The lowest BCUT2D eigenvalue weighted by Crippen LogP contribution is -2.41. The van der Waals surface area contributed by atoms with Gasteiger partial charge in [0.25, 0.3) is 0 Å². The highest BCUT2D eigenvalue weighted by Gasteiger charge is 2.24. The van der Waals surface area contributed by atoms with Crippen molar-refractivity contribution in [2.45, 2.75) is 12.7 Å². The van der Waals surface area contributed by atoms with Gasteiger partial charge in [0.2, 0.25) is 5.95 Å². The second-order valence-corrected chi connectivity index (χ2v) is 6.91. The van der Waals surface area contributed by atoms with Crippen molar-refractivity contribution in [3.8, 4) is 5.75 Å². The van der Waals surface area contributed by atoms with Gasteiger partial charge in [0.15, 0.2) is 5.75 Å². The molecule has 0 bridgehead atoms. The minimum absolute atomic E-state index is 0.186. The SMILES string of the molecule is NC(=O)N1CCN(c2ncc(OCc3c(Cl)cccc3Cl)cn2)CC(O)C1. The van der Waals surface area contributed by atoms with Crippen LogP contribution in [0, 0.1) is 0 Å². The van der Waals surface area contributed by atoms with Gasteiger partial charge in [0, 0.05) is 35.2 Å². The first-order chi connectivity index (χ1) is 12.9. The molecule has 0 radical (unpaired) electrons. The van der Waals surface area contributed by atoms with Crippen molar-refractivity contribution in [1.82, 2.24) is 14.9 Å². The number of carbonyl (C=O) groups is 1. The van der Waals surface area contributed by atoms with E-state index in [1.807, 2.05) is 0 Å². The van der Waals surface area contributed by atoms with E-state index in [0.717, 1.165) is 0 Å². The van der Waals surface area contributed by atoms with Gasteiger partial charge in [-0.25, -0.2) is 14.8 Å². The number of carbonyl (C=O) groups excluding carboxylic acids is 1. The van der Waals surface area contributed by atoms with Crippen molar-refractivity contribution in [2.75, 3.05) is 31.1 Å². The molecule has 0 saturated carbocycles. The Morgan fingerprint density at radius 2 is 1.89 bits per heavy atom.